The predicted molar refractivity (Wildman–Crippen MR) is 77.3 cm³/mol. The van der Waals surface area contributed by atoms with E-state index in [0.29, 0.717) is 15.6 Å². The summed E-state index contributed by atoms with van der Waals surface area (Å²) in [6, 6.07) is 6.51. The van der Waals surface area contributed by atoms with Gasteiger partial charge >= 0.3 is 0 Å². The molecular formula is C13H9Cl2F2NOS. The summed E-state index contributed by atoms with van der Waals surface area (Å²) >= 11 is 11.6. The Bertz CT molecular complexity index is 671. The molecule has 0 aliphatic carbocycles. The highest BCUT2D eigenvalue weighted by molar-refractivity contribution is 7.84. The SMILES string of the molecule is Nc1cc(F)c(S(=O)Cc2ccc(Cl)c(Cl)c2)c(F)c1. The van der Waals surface area contributed by atoms with Crippen molar-refractivity contribution in [3.63, 3.8) is 0 Å². The largest absolute Gasteiger partial charge is 0.399 e. The van der Waals surface area contributed by atoms with Gasteiger partial charge in [-0.2, -0.15) is 0 Å². The number of hydrogen-bond acceptors (Lipinski definition) is 2. The van der Waals surface area contributed by atoms with Crippen molar-refractivity contribution in [1.82, 2.24) is 0 Å². The Kier molecular flexibility index (Phi) is 4.62. The number of nitrogens with two attached hydrogens (primary N) is 1. The molecule has 0 saturated carbocycles. The molecule has 0 aliphatic rings. The van der Waals surface area contributed by atoms with Crippen molar-refractivity contribution < 1.29 is 13.0 Å². The molecule has 0 aliphatic heterocycles. The van der Waals surface area contributed by atoms with E-state index in [1.165, 1.54) is 12.1 Å². The van der Waals surface area contributed by atoms with Crippen LogP contribution in [0, 0.1) is 11.6 Å². The van der Waals surface area contributed by atoms with E-state index in [1.807, 2.05) is 0 Å². The Hall–Kier alpha value is -1.17. The molecule has 2 rings (SSSR count). The third-order valence-electron chi connectivity index (χ3n) is 2.53. The van der Waals surface area contributed by atoms with Crippen LogP contribution in [-0.4, -0.2) is 4.21 Å². The molecule has 0 heterocycles. The zero-order valence-corrected chi connectivity index (χ0v) is 12.3. The lowest BCUT2D eigenvalue weighted by Gasteiger charge is -2.07. The van der Waals surface area contributed by atoms with E-state index in [1.54, 1.807) is 6.07 Å². The van der Waals surface area contributed by atoms with Gasteiger partial charge in [-0.1, -0.05) is 29.3 Å². The summed E-state index contributed by atoms with van der Waals surface area (Å²) in [5.74, 6) is -1.93. The predicted octanol–water partition coefficient (Wildman–Crippen LogP) is 4.16. The third kappa shape index (κ3) is 3.29. The second-order valence-electron chi connectivity index (χ2n) is 4.05. The van der Waals surface area contributed by atoms with Gasteiger partial charge in [0.1, 0.15) is 16.5 Å². The molecule has 106 valence electrons. The van der Waals surface area contributed by atoms with Crippen LogP contribution in [0.3, 0.4) is 0 Å². The van der Waals surface area contributed by atoms with Gasteiger partial charge in [-0.3, -0.25) is 4.21 Å². The first-order valence-corrected chi connectivity index (χ1v) is 7.53. The molecule has 7 heteroatoms. The van der Waals surface area contributed by atoms with Crippen molar-refractivity contribution in [2.45, 2.75) is 10.6 Å². The van der Waals surface area contributed by atoms with Crippen LogP contribution < -0.4 is 5.73 Å². The monoisotopic (exact) mass is 335 g/mol. The maximum Gasteiger partial charge on any atom is 0.144 e. The molecule has 0 saturated heterocycles. The molecule has 1 atom stereocenters. The zero-order chi connectivity index (χ0) is 14.9. The number of rotatable bonds is 3. The van der Waals surface area contributed by atoms with Crippen LogP contribution in [0.15, 0.2) is 35.2 Å². The van der Waals surface area contributed by atoms with E-state index in [0.717, 1.165) is 12.1 Å². The summed E-state index contributed by atoms with van der Waals surface area (Å²) in [4.78, 5) is -0.495. The van der Waals surface area contributed by atoms with Gasteiger partial charge in [0, 0.05) is 5.69 Å². The maximum absolute atomic E-state index is 13.6. The van der Waals surface area contributed by atoms with Crippen molar-refractivity contribution in [2.24, 2.45) is 0 Å². The molecule has 0 fully saturated rings. The minimum atomic E-state index is -1.89. The van der Waals surface area contributed by atoms with Crippen molar-refractivity contribution in [2.75, 3.05) is 5.73 Å². The van der Waals surface area contributed by atoms with Gasteiger partial charge in [-0.05, 0) is 29.8 Å². The first-order chi connectivity index (χ1) is 9.38. The van der Waals surface area contributed by atoms with Crippen LogP contribution in [0.4, 0.5) is 14.5 Å². The lowest BCUT2D eigenvalue weighted by Crippen LogP contribution is -2.04. The van der Waals surface area contributed by atoms with Gasteiger partial charge in [0.05, 0.1) is 26.6 Å². The smallest absolute Gasteiger partial charge is 0.144 e. The Balaban J connectivity index is 2.31. The highest BCUT2D eigenvalue weighted by Gasteiger charge is 2.17. The second kappa shape index (κ2) is 6.08. The van der Waals surface area contributed by atoms with E-state index in [4.69, 9.17) is 28.9 Å². The zero-order valence-electron chi connectivity index (χ0n) is 10.00. The molecule has 0 aromatic heterocycles. The Morgan fingerprint density at radius 1 is 1.05 bits per heavy atom. The summed E-state index contributed by atoms with van der Waals surface area (Å²) in [5.41, 5.74) is 5.81. The Morgan fingerprint density at radius 3 is 2.20 bits per heavy atom. The highest BCUT2D eigenvalue weighted by Crippen LogP contribution is 2.26. The van der Waals surface area contributed by atoms with Crippen LogP contribution in [0.2, 0.25) is 10.0 Å². The number of nitrogen functional groups attached to an aromatic ring is 1. The number of halogens is 4. The lowest BCUT2D eigenvalue weighted by molar-refractivity contribution is 0.535. The number of anilines is 1. The van der Waals surface area contributed by atoms with Crippen molar-refractivity contribution >= 4 is 39.7 Å². The average molecular weight is 336 g/mol. The number of benzene rings is 2. The van der Waals surface area contributed by atoms with Gasteiger partial charge in [-0.25, -0.2) is 8.78 Å². The van der Waals surface area contributed by atoms with Crippen LogP contribution in [0.25, 0.3) is 0 Å². The van der Waals surface area contributed by atoms with Gasteiger partial charge in [-0.15, -0.1) is 0 Å². The first-order valence-electron chi connectivity index (χ1n) is 5.45. The molecule has 2 aromatic rings. The highest BCUT2D eigenvalue weighted by atomic mass is 35.5. The molecule has 0 amide bonds. The molecule has 2 N–H and O–H groups in total. The maximum atomic E-state index is 13.6. The van der Waals surface area contributed by atoms with Gasteiger partial charge < -0.3 is 5.73 Å². The van der Waals surface area contributed by atoms with E-state index < -0.39 is 27.3 Å². The summed E-state index contributed by atoms with van der Waals surface area (Å²) in [6.45, 7) is 0. The minimum absolute atomic E-state index is 0.0599. The summed E-state index contributed by atoms with van der Waals surface area (Å²) in [7, 11) is -1.89. The van der Waals surface area contributed by atoms with Crippen LogP contribution >= 0.6 is 23.2 Å². The van der Waals surface area contributed by atoms with Crippen molar-refractivity contribution in [1.29, 1.82) is 0 Å². The fourth-order valence-electron chi connectivity index (χ4n) is 1.65. The summed E-state index contributed by atoms with van der Waals surface area (Å²) in [5, 5.41) is 0.644. The Labute approximate surface area is 127 Å². The van der Waals surface area contributed by atoms with E-state index in [-0.39, 0.29) is 11.4 Å². The fourth-order valence-corrected chi connectivity index (χ4v) is 3.15. The summed E-state index contributed by atoms with van der Waals surface area (Å²) < 4.78 is 39.4. The van der Waals surface area contributed by atoms with E-state index in [9.17, 15) is 13.0 Å². The standard InChI is InChI=1S/C13H9Cl2F2NOS/c14-9-2-1-7(3-10(9)15)6-20(19)13-11(16)4-8(18)5-12(13)17/h1-5H,6,18H2. The summed E-state index contributed by atoms with van der Waals surface area (Å²) in [6.07, 6.45) is 0. The van der Waals surface area contributed by atoms with E-state index >= 15 is 0 Å². The molecule has 2 nitrogen and oxygen atoms in total. The second-order valence-corrected chi connectivity index (χ2v) is 6.25. The first kappa shape index (κ1) is 15.2. The lowest BCUT2D eigenvalue weighted by atomic mass is 10.2. The molecular weight excluding hydrogens is 327 g/mol. The minimum Gasteiger partial charge on any atom is -0.399 e. The molecule has 20 heavy (non-hydrogen) atoms. The van der Waals surface area contributed by atoms with Gasteiger partial charge in [0.15, 0.2) is 0 Å². The van der Waals surface area contributed by atoms with Crippen LogP contribution in [0.1, 0.15) is 5.56 Å². The third-order valence-corrected chi connectivity index (χ3v) is 4.71. The topological polar surface area (TPSA) is 43.1 Å². The van der Waals surface area contributed by atoms with E-state index in [2.05, 4.69) is 0 Å². The molecule has 0 radical (unpaired) electrons. The van der Waals surface area contributed by atoms with Gasteiger partial charge in [0.25, 0.3) is 0 Å². The van der Waals surface area contributed by atoms with Crippen molar-refractivity contribution in [3.8, 4) is 0 Å². The number of hydrogen-bond donors (Lipinski definition) is 1. The van der Waals surface area contributed by atoms with Gasteiger partial charge in [0.2, 0.25) is 0 Å². The normalized spacial score (nSPS) is 12.4. The van der Waals surface area contributed by atoms with Crippen molar-refractivity contribution in [3.05, 3.63) is 57.6 Å². The average Bonchev–Trinajstić information content (AvgIpc) is 2.32. The van der Waals surface area contributed by atoms with Crippen LogP contribution in [0.5, 0.6) is 0 Å². The molecule has 0 spiro atoms. The molecule has 2 aromatic carbocycles. The molecule has 0 bridgehead atoms. The van der Waals surface area contributed by atoms with Crippen LogP contribution in [-0.2, 0) is 16.6 Å². The molecule has 1 unspecified atom stereocenters. The Morgan fingerprint density at radius 2 is 1.65 bits per heavy atom. The quantitative estimate of drug-likeness (QED) is 0.855. The fraction of sp³-hybridized carbons (Fsp3) is 0.0769.